The van der Waals surface area contributed by atoms with Crippen LogP contribution in [0.25, 0.3) is 0 Å². The monoisotopic (exact) mass is 667 g/mol. The fourth-order valence-electron chi connectivity index (χ4n) is 6.88. The second-order valence-corrected chi connectivity index (χ2v) is 14.5. The fourth-order valence-corrected chi connectivity index (χ4v) is 7.66. The Morgan fingerprint density at radius 1 is 0.878 bits per heavy atom. The van der Waals surface area contributed by atoms with Gasteiger partial charge in [0.25, 0.3) is 0 Å². The molecule has 5 nitrogen and oxygen atoms in total. The lowest BCUT2D eigenvalue weighted by molar-refractivity contribution is -0.119. The van der Waals surface area contributed by atoms with Gasteiger partial charge in [-0.3, -0.25) is 9.59 Å². The third kappa shape index (κ3) is 5.86. The number of halogens is 1. The molecule has 5 rings (SSSR count). The van der Waals surface area contributed by atoms with Crippen molar-refractivity contribution in [1.29, 1.82) is 0 Å². The third-order valence-electron chi connectivity index (χ3n) is 8.47. The zero-order valence-corrected chi connectivity index (χ0v) is 27.6. The average Bonchev–Trinajstić information content (AvgIpc) is 2.86. The lowest BCUT2D eigenvalue weighted by Crippen LogP contribution is -2.44. The Labute approximate surface area is 258 Å². The Morgan fingerprint density at radius 2 is 1.49 bits per heavy atom. The van der Waals surface area contributed by atoms with E-state index in [-0.39, 0.29) is 22.4 Å². The molecule has 1 aliphatic heterocycles. The number of allylic oxidation sites excluding steroid dienone is 4. The van der Waals surface area contributed by atoms with Crippen molar-refractivity contribution in [3.05, 3.63) is 79.2 Å². The van der Waals surface area contributed by atoms with Gasteiger partial charge in [-0.05, 0) is 90.3 Å². The van der Waals surface area contributed by atoms with Crippen molar-refractivity contribution >= 4 is 34.2 Å². The van der Waals surface area contributed by atoms with Gasteiger partial charge in [0.1, 0.15) is 6.61 Å². The molecule has 0 atom stereocenters. The van der Waals surface area contributed by atoms with E-state index in [1.165, 1.54) is 5.56 Å². The molecular weight excluding hydrogens is 625 g/mol. The molecule has 0 fully saturated rings. The highest BCUT2D eigenvalue weighted by atomic mass is 127. The number of ether oxygens (including phenoxy) is 2. The van der Waals surface area contributed by atoms with Crippen molar-refractivity contribution < 1.29 is 19.1 Å². The molecule has 41 heavy (non-hydrogen) atoms. The molecule has 2 aliphatic carbocycles. The van der Waals surface area contributed by atoms with E-state index in [2.05, 4.69) is 93.3 Å². The number of benzene rings is 2. The third-order valence-corrected chi connectivity index (χ3v) is 9.27. The zero-order valence-electron chi connectivity index (χ0n) is 25.4. The van der Waals surface area contributed by atoms with Crippen LogP contribution in [0.4, 0.5) is 0 Å². The first-order chi connectivity index (χ1) is 19.3. The summed E-state index contributed by atoms with van der Waals surface area (Å²) in [6, 6.07) is 12.4. The van der Waals surface area contributed by atoms with E-state index in [1.807, 2.05) is 19.1 Å². The summed E-state index contributed by atoms with van der Waals surface area (Å²) in [6.45, 7) is 16.5. The van der Waals surface area contributed by atoms with E-state index >= 15 is 0 Å². The number of nitrogens with zero attached hydrogens (tertiary/aromatic N) is 1. The smallest absolute Gasteiger partial charge is 0.174 e. The first-order valence-electron chi connectivity index (χ1n) is 14.8. The van der Waals surface area contributed by atoms with Crippen molar-refractivity contribution in [3.8, 4) is 11.5 Å². The maximum Gasteiger partial charge on any atom is 0.174 e. The summed E-state index contributed by atoms with van der Waals surface area (Å²) < 4.78 is 13.4. The summed E-state index contributed by atoms with van der Waals surface area (Å²) in [5, 5.41) is 0. The van der Waals surface area contributed by atoms with Gasteiger partial charge in [-0.25, -0.2) is 0 Å². The van der Waals surface area contributed by atoms with Crippen LogP contribution in [0.5, 0.6) is 11.5 Å². The number of hydrogen-bond donors (Lipinski definition) is 0. The van der Waals surface area contributed by atoms with E-state index in [1.54, 1.807) is 0 Å². The zero-order chi connectivity index (χ0) is 29.7. The van der Waals surface area contributed by atoms with Gasteiger partial charge in [-0.2, -0.15) is 0 Å². The molecule has 1 heterocycles. The van der Waals surface area contributed by atoms with Crippen LogP contribution in [0.2, 0.25) is 0 Å². The van der Waals surface area contributed by atoms with Gasteiger partial charge in [-0.1, -0.05) is 57.5 Å². The second kappa shape index (κ2) is 11.2. The number of Topliss-reactive ketones (excluding diaryl/α,β-unsaturated/α-hetero) is 2. The van der Waals surface area contributed by atoms with Gasteiger partial charge in [0.15, 0.2) is 23.1 Å². The second-order valence-electron chi connectivity index (χ2n) is 13.3. The van der Waals surface area contributed by atoms with Crippen molar-refractivity contribution in [2.24, 2.45) is 10.8 Å². The summed E-state index contributed by atoms with van der Waals surface area (Å²) in [5.41, 5.74) is 6.73. The van der Waals surface area contributed by atoms with Crippen LogP contribution < -0.4 is 9.47 Å². The quantitative estimate of drug-likeness (QED) is 0.278. The summed E-state index contributed by atoms with van der Waals surface area (Å²) in [7, 11) is 0. The molecule has 0 N–H and O–H groups in total. The van der Waals surface area contributed by atoms with Crippen LogP contribution in [0.3, 0.4) is 0 Å². The lowest BCUT2D eigenvalue weighted by Gasteiger charge is -2.49. The minimum atomic E-state index is -0.395. The lowest BCUT2D eigenvalue weighted by atomic mass is 9.63. The molecule has 2 aromatic carbocycles. The maximum absolute atomic E-state index is 14.0. The van der Waals surface area contributed by atoms with Crippen molar-refractivity contribution in [2.75, 3.05) is 13.2 Å². The van der Waals surface area contributed by atoms with Crippen molar-refractivity contribution in [1.82, 2.24) is 4.90 Å². The number of aryl methyl sites for hydroxylation is 1. The van der Waals surface area contributed by atoms with Crippen molar-refractivity contribution in [2.45, 2.75) is 86.7 Å². The van der Waals surface area contributed by atoms with Crippen LogP contribution in [0.1, 0.15) is 89.8 Å². The Bertz CT molecular complexity index is 1410. The Kier molecular flexibility index (Phi) is 8.18. The summed E-state index contributed by atoms with van der Waals surface area (Å²) in [5.74, 6) is 1.25. The number of carbonyl (C=O) groups excluding carboxylic acids is 2. The minimum Gasteiger partial charge on any atom is -0.490 e. The fraction of sp³-hybridized carbons (Fsp3) is 0.486. The minimum absolute atomic E-state index is 0.126. The molecule has 0 aromatic heterocycles. The van der Waals surface area contributed by atoms with Crippen LogP contribution in [0.15, 0.2) is 58.9 Å². The predicted molar refractivity (Wildman–Crippen MR) is 171 cm³/mol. The largest absolute Gasteiger partial charge is 0.490 e. The summed E-state index contributed by atoms with van der Waals surface area (Å²) >= 11 is 2.31. The maximum atomic E-state index is 14.0. The number of rotatable bonds is 7. The Morgan fingerprint density at radius 3 is 2.02 bits per heavy atom. The molecule has 2 aromatic rings. The average molecular weight is 668 g/mol. The molecule has 3 aliphatic rings. The Hall–Kier alpha value is -2.61. The van der Waals surface area contributed by atoms with Crippen LogP contribution in [0, 0.1) is 21.3 Å². The molecule has 6 heteroatoms. The molecular formula is C35H42INO4. The molecule has 0 radical (unpaired) electrons. The number of carbonyl (C=O) groups is 2. The number of hydrogen-bond acceptors (Lipinski definition) is 5. The normalized spacial score (nSPS) is 20.2. The highest BCUT2D eigenvalue weighted by Gasteiger charge is 2.48. The van der Waals surface area contributed by atoms with E-state index in [4.69, 9.17) is 9.47 Å². The first kappa shape index (κ1) is 29.9. The van der Waals surface area contributed by atoms with Crippen LogP contribution >= 0.6 is 22.6 Å². The molecule has 0 spiro atoms. The molecule has 0 bridgehead atoms. The predicted octanol–water partition coefficient (Wildman–Crippen LogP) is 8.28. The Balaban J connectivity index is 1.66. The standard InChI is InChI=1S/C35H42INO4/c1-8-37-25-16-34(4,5)18-27(38)31(25)30(32-26(37)17-35(6,7)19-28(32)39)23-14-24(36)33(29(15-23)40-9-2)41-20-22-12-10-11-21(3)13-22/h10-15,30H,8-9,16-20H2,1-7H3. The van der Waals surface area contributed by atoms with Crippen LogP contribution in [-0.2, 0) is 16.2 Å². The van der Waals surface area contributed by atoms with E-state index < -0.39 is 5.92 Å². The van der Waals surface area contributed by atoms with Gasteiger partial charge < -0.3 is 14.4 Å². The van der Waals surface area contributed by atoms with Gasteiger partial charge >= 0.3 is 0 Å². The molecule has 0 saturated heterocycles. The van der Waals surface area contributed by atoms with E-state index in [9.17, 15) is 9.59 Å². The highest BCUT2D eigenvalue weighted by molar-refractivity contribution is 14.1. The van der Waals surface area contributed by atoms with Crippen molar-refractivity contribution in [3.63, 3.8) is 0 Å². The molecule has 0 unspecified atom stereocenters. The van der Waals surface area contributed by atoms with E-state index in [0.717, 1.165) is 56.6 Å². The summed E-state index contributed by atoms with van der Waals surface area (Å²) in [6.07, 6.45) is 2.60. The topological polar surface area (TPSA) is 55.8 Å². The molecule has 0 saturated carbocycles. The van der Waals surface area contributed by atoms with Crippen LogP contribution in [-0.4, -0.2) is 29.6 Å². The first-order valence-corrected chi connectivity index (χ1v) is 15.9. The SMILES string of the molecule is CCOc1cc(C2C3=C(CC(C)(C)CC3=O)N(CC)C3=C2C(=O)CC(C)(C)C3)cc(I)c1OCc1cccc(C)c1. The van der Waals surface area contributed by atoms with Gasteiger partial charge in [0.2, 0.25) is 0 Å². The molecule has 218 valence electrons. The molecule has 0 amide bonds. The summed E-state index contributed by atoms with van der Waals surface area (Å²) in [4.78, 5) is 30.2. The van der Waals surface area contributed by atoms with Gasteiger partial charge in [-0.15, -0.1) is 0 Å². The van der Waals surface area contributed by atoms with Gasteiger partial charge in [0, 0.05) is 47.8 Å². The van der Waals surface area contributed by atoms with Gasteiger partial charge in [0.05, 0.1) is 10.2 Å². The number of ketones is 2. The van der Waals surface area contributed by atoms with E-state index in [0.29, 0.717) is 37.6 Å². The highest BCUT2D eigenvalue weighted by Crippen LogP contribution is 2.55.